The van der Waals surface area contributed by atoms with Gasteiger partial charge >= 0.3 is 17.9 Å². The predicted molar refractivity (Wildman–Crippen MR) is 334 cm³/mol. The first kappa shape index (κ1) is 72.3. The normalized spacial score (nSPS) is 13.1. The molecule has 6 heteroatoms. The molecule has 0 saturated carbocycles. The molecule has 6 nitrogen and oxygen atoms in total. The summed E-state index contributed by atoms with van der Waals surface area (Å²) in [5, 5.41) is 0. The van der Waals surface area contributed by atoms with Crippen LogP contribution in [-0.2, 0) is 28.6 Å². The van der Waals surface area contributed by atoms with Crippen molar-refractivity contribution >= 4 is 17.9 Å². The zero-order valence-electron chi connectivity index (χ0n) is 49.7. The Morgan fingerprint density at radius 3 is 0.831 bits per heavy atom. The molecule has 77 heavy (non-hydrogen) atoms. The van der Waals surface area contributed by atoms with Crippen LogP contribution in [0.15, 0.2) is 146 Å². The second-order valence-corrected chi connectivity index (χ2v) is 20.2. The van der Waals surface area contributed by atoms with E-state index in [-0.39, 0.29) is 37.5 Å². The van der Waals surface area contributed by atoms with Crippen molar-refractivity contribution in [3.63, 3.8) is 0 Å². The van der Waals surface area contributed by atoms with Gasteiger partial charge in [-0.15, -0.1) is 0 Å². The van der Waals surface area contributed by atoms with Gasteiger partial charge in [0.15, 0.2) is 6.10 Å². The molecule has 0 bridgehead atoms. The average molecular weight is 1060 g/mol. The van der Waals surface area contributed by atoms with Gasteiger partial charge in [-0.2, -0.15) is 0 Å². The smallest absolute Gasteiger partial charge is 0.306 e. The van der Waals surface area contributed by atoms with Crippen LogP contribution in [0, 0.1) is 0 Å². The zero-order chi connectivity index (χ0) is 55.7. The minimum Gasteiger partial charge on any atom is -0.462 e. The molecule has 0 saturated heterocycles. The molecule has 0 rings (SSSR count). The maximum Gasteiger partial charge on any atom is 0.306 e. The van der Waals surface area contributed by atoms with Crippen molar-refractivity contribution in [1.29, 1.82) is 0 Å². The molecule has 0 aromatic rings. The van der Waals surface area contributed by atoms with Crippen molar-refractivity contribution in [1.82, 2.24) is 0 Å². The molecule has 0 spiro atoms. The molecule has 0 amide bonds. The molecule has 1 unspecified atom stereocenters. The van der Waals surface area contributed by atoms with E-state index in [2.05, 4.69) is 167 Å². The third kappa shape index (κ3) is 62.0. The molecule has 0 aliphatic rings. The van der Waals surface area contributed by atoms with E-state index < -0.39 is 6.10 Å². The first-order chi connectivity index (χ1) is 38.0. The summed E-state index contributed by atoms with van der Waals surface area (Å²) < 4.78 is 16.9. The number of esters is 3. The maximum absolute atomic E-state index is 12.9. The second-order valence-electron chi connectivity index (χ2n) is 20.2. The van der Waals surface area contributed by atoms with E-state index in [1.54, 1.807) is 0 Å². The van der Waals surface area contributed by atoms with Crippen LogP contribution in [0.25, 0.3) is 0 Å². The van der Waals surface area contributed by atoms with Crippen molar-refractivity contribution < 1.29 is 28.6 Å². The molecule has 0 fully saturated rings. The Morgan fingerprint density at radius 1 is 0.273 bits per heavy atom. The summed E-state index contributed by atoms with van der Waals surface area (Å²) in [5.74, 6) is -0.973. The van der Waals surface area contributed by atoms with Crippen LogP contribution in [-0.4, -0.2) is 37.2 Å². The number of ether oxygens (including phenoxy) is 3. The molecule has 0 aromatic carbocycles. The van der Waals surface area contributed by atoms with Crippen molar-refractivity contribution in [2.45, 2.75) is 271 Å². The van der Waals surface area contributed by atoms with E-state index in [0.717, 1.165) is 141 Å². The topological polar surface area (TPSA) is 78.9 Å². The minimum absolute atomic E-state index is 0.109. The number of rotatable bonds is 55. The van der Waals surface area contributed by atoms with Gasteiger partial charge in [0.1, 0.15) is 13.2 Å². The van der Waals surface area contributed by atoms with Gasteiger partial charge in [-0.3, -0.25) is 14.4 Å². The van der Waals surface area contributed by atoms with Crippen LogP contribution in [0.3, 0.4) is 0 Å². The lowest BCUT2D eigenvalue weighted by Gasteiger charge is -2.18. The average Bonchev–Trinajstić information content (AvgIpc) is 3.43. The minimum atomic E-state index is -0.817. The van der Waals surface area contributed by atoms with Gasteiger partial charge in [-0.25, -0.2) is 0 Å². The number of carbonyl (C=O) groups excluding carboxylic acids is 3. The summed E-state index contributed by atoms with van der Waals surface area (Å²) in [7, 11) is 0. The highest BCUT2D eigenvalue weighted by molar-refractivity contribution is 5.71. The lowest BCUT2D eigenvalue weighted by atomic mass is 10.1. The number of unbranched alkanes of at least 4 members (excludes halogenated alkanes) is 20. The quantitative estimate of drug-likeness (QED) is 0.0261. The maximum atomic E-state index is 12.9. The number of hydrogen-bond donors (Lipinski definition) is 0. The Kier molecular flexibility index (Phi) is 59.9. The van der Waals surface area contributed by atoms with Crippen LogP contribution >= 0.6 is 0 Å². The van der Waals surface area contributed by atoms with Gasteiger partial charge in [-0.05, 0) is 141 Å². The Morgan fingerprint density at radius 2 is 0.506 bits per heavy atom. The molecular weight excluding hydrogens is 949 g/mol. The standard InChI is InChI=1S/C71H114O6/c1-4-7-10-13-16-19-22-25-28-30-32-34-35-37-38-40-43-46-49-52-55-58-61-64-70(73)76-67-68(66-75-69(72)63-60-57-54-51-48-45-42-27-24-21-18-15-12-9-6-3)77-71(74)65-62-59-56-53-50-47-44-41-39-36-33-31-29-26-23-20-17-14-11-8-5-2/h7-8,10-11,16-17,19-20,25-29,32-34,36-38,41-42,44,50,53,68H,4-6,9,12-15,18,21-24,30-31,35,39-40,43,45-49,51-52,54-67H2,1-3H3/b10-7-,11-8-,19-16-,20-17-,28-25-,29-26-,34-32-,36-33-,38-37-,42-27-,44-41-,53-50-. The monoisotopic (exact) mass is 1060 g/mol. The van der Waals surface area contributed by atoms with Gasteiger partial charge < -0.3 is 14.2 Å². The SMILES string of the molecule is CC/C=C\C/C=C\C/C=C\C/C=C\C/C=C\C/C=C\CCCCC(=O)OC(COC(=O)CCCCCCC/C=C\CCCCCCCC)COC(=O)CCCCCCCCC/C=C\C/C=C\C/C=C\C/C=C\C/C=C\CC. The molecule has 0 aromatic heterocycles. The molecule has 1 atom stereocenters. The van der Waals surface area contributed by atoms with Crippen LogP contribution in [0.2, 0.25) is 0 Å². The van der Waals surface area contributed by atoms with Gasteiger partial charge in [0.25, 0.3) is 0 Å². The highest BCUT2D eigenvalue weighted by atomic mass is 16.6. The zero-order valence-corrected chi connectivity index (χ0v) is 49.7. The number of carbonyl (C=O) groups is 3. The molecule has 0 aliphatic heterocycles. The third-order valence-electron chi connectivity index (χ3n) is 12.8. The Labute approximate surface area is 474 Å². The van der Waals surface area contributed by atoms with Crippen molar-refractivity contribution in [3.8, 4) is 0 Å². The fraction of sp³-hybridized carbons (Fsp3) is 0.620. The Hall–Kier alpha value is -4.71. The Balaban J connectivity index is 4.51. The summed E-state index contributed by atoms with van der Waals surface area (Å²) in [6.45, 7) is 6.36. The van der Waals surface area contributed by atoms with Crippen LogP contribution in [0.1, 0.15) is 265 Å². The molecule has 0 N–H and O–H groups in total. The summed E-state index contributed by atoms with van der Waals surface area (Å²) in [5.41, 5.74) is 0. The molecule has 434 valence electrons. The largest absolute Gasteiger partial charge is 0.462 e. The van der Waals surface area contributed by atoms with Crippen LogP contribution in [0.5, 0.6) is 0 Å². The van der Waals surface area contributed by atoms with Gasteiger partial charge in [0, 0.05) is 19.3 Å². The summed E-state index contributed by atoms with van der Waals surface area (Å²) in [4.78, 5) is 38.3. The molecule has 0 radical (unpaired) electrons. The summed E-state index contributed by atoms with van der Waals surface area (Å²) in [6, 6.07) is 0. The predicted octanol–water partition coefficient (Wildman–Crippen LogP) is 21.5. The molecule has 0 heterocycles. The summed E-state index contributed by atoms with van der Waals surface area (Å²) in [6.07, 6.45) is 91.3. The molecule has 0 aliphatic carbocycles. The van der Waals surface area contributed by atoms with Gasteiger partial charge in [0.2, 0.25) is 0 Å². The highest BCUT2D eigenvalue weighted by Crippen LogP contribution is 2.14. The van der Waals surface area contributed by atoms with Crippen molar-refractivity contribution in [3.05, 3.63) is 146 Å². The fourth-order valence-electron chi connectivity index (χ4n) is 8.17. The lowest BCUT2D eigenvalue weighted by Crippen LogP contribution is -2.30. The second kappa shape index (κ2) is 63.8. The van der Waals surface area contributed by atoms with Crippen molar-refractivity contribution in [2.75, 3.05) is 13.2 Å². The van der Waals surface area contributed by atoms with Crippen LogP contribution in [0.4, 0.5) is 0 Å². The van der Waals surface area contributed by atoms with Crippen molar-refractivity contribution in [2.24, 2.45) is 0 Å². The first-order valence-corrected chi connectivity index (χ1v) is 31.3. The first-order valence-electron chi connectivity index (χ1n) is 31.3. The highest BCUT2D eigenvalue weighted by Gasteiger charge is 2.19. The van der Waals surface area contributed by atoms with E-state index in [1.807, 2.05) is 0 Å². The van der Waals surface area contributed by atoms with E-state index in [0.29, 0.717) is 19.3 Å². The van der Waals surface area contributed by atoms with E-state index >= 15 is 0 Å². The van der Waals surface area contributed by atoms with E-state index in [9.17, 15) is 14.4 Å². The fourth-order valence-corrected chi connectivity index (χ4v) is 8.17. The lowest BCUT2D eigenvalue weighted by molar-refractivity contribution is -0.167. The third-order valence-corrected chi connectivity index (χ3v) is 12.8. The van der Waals surface area contributed by atoms with E-state index in [4.69, 9.17) is 14.2 Å². The number of allylic oxidation sites excluding steroid dienone is 24. The molecular formula is C71H114O6. The number of hydrogen-bond acceptors (Lipinski definition) is 6. The summed E-state index contributed by atoms with van der Waals surface area (Å²) >= 11 is 0. The Bertz CT molecular complexity index is 1700. The van der Waals surface area contributed by atoms with Crippen LogP contribution < -0.4 is 0 Å². The van der Waals surface area contributed by atoms with E-state index in [1.165, 1.54) is 77.0 Å². The van der Waals surface area contributed by atoms with Gasteiger partial charge in [0.05, 0.1) is 0 Å². The van der Waals surface area contributed by atoms with Gasteiger partial charge in [-0.1, -0.05) is 250 Å².